The fraction of sp³-hybridized carbons (Fsp3) is 0.571. The molecule has 1 aliphatic heterocycles. The maximum Gasteiger partial charge on any atom is 0.241 e. The van der Waals surface area contributed by atoms with E-state index in [0.717, 1.165) is 25.9 Å². The maximum absolute atomic E-state index is 12.7. The second-order valence-electron chi connectivity index (χ2n) is 5.81. The molecule has 1 unspecified atom stereocenters. The van der Waals surface area contributed by atoms with E-state index in [9.17, 15) is 8.42 Å². The van der Waals surface area contributed by atoms with Gasteiger partial charge in [0.05, 0.1) is 4.90 Å². The summed E-state index contributed by atoms with van der Waals surface area (Å²) in [6.07, 6.45) is 1.89. The van der Waals surface area contributed by atoms with E-state index >= 15 is 0 Å². The number of hydrogen-bond acceptors (Lipinski definition) is 5. The smallest absolute Gasteiger partial charge is 0.241 e. The summed E-state index contributed by atoms with van der Waals surface area (Å²) in [4.78, 5) is 2.51. The lowest BCUT2D eigenvalue weighted by Crippen LogP contribution is -2.46. The fourth-order valence-corrected chi connectivity index (χ4v) is 4.71. The van der Waals surface area contributed by atoms with Gasteiger partial charge in [0, 0.05) is 18.3 Å². The van der Waals surface area contributed by atoms with Crippen LogP contribution < -0.4 is 16.0 Å². The molecule has 118 valence electrons. The van der Waals surface area contributed by atoms with Crippen molar-refractivity contribution in [2.75, 3.05) is 25.6 Å². The minimum Gasteiger partial charge on any atom is -0.324 e. The average molecular weight is 312 g/mol. The number of hydrazine groups is 1. The molecule has 21 heavy (non-hydrogen) atoms. The van der Waals surface area contributed by atoms with Crippen molar-refractivity contribution in [1.29, 1.82) is 0 Å². The molecule has 7 heteroatoms. The first kappa shape index (κ1) is 16.2. The Bertz CT molecular complexity index is 592. The standard InChI is InChI=1S/C14H24N4O2S/c1-10-7-13(16-15)8-11(2)14(10)21(19,20)17-12-5-4-6-18(3)9-12/h7-8,12,16-17H,4-6,9,15H2,1-3H3. The van der Waals surface area contributed by atoms with E-state index in [0.29, 0.717) is 21.7 Å². The monoisotopic (exact) mass is 312 g/mol. The van der Waals surface area contributed by atoms with Crippen LogP contribution in [0.25, 0.3) is 0 Å². The number of sulfonamides is 1. The Morgan fingerprint density at radius 1 is 1.29 bits per heavy atom. The molecule has 0 spiro atoms. The summed E-state index contributed by atoms with van der Waals surface area (Å²) >= 11 is 0. The third-order valence-corrected chi connectivity index (χ3v) is 5.67. The molecular formula is C14H24N4O2S. The van der Waals surface area contributed by atoms with E-state index in [2.05, 4.69) is 15.0 Å². The molecule has 6 nitrogen and oxygen atoms in total. The number of rotatable bonds is 4. The number of nitrogens with two attached hydrogens (primary N) is 1. The third kappa shape index (κ3) is 3.74. The van der Waals surface area contributed by atoms with Crippen LogP contribution in [0.1, 0.15) is 24.0 Å². The molecule has 1 atom stereocenters. The van der Waals surface area contributed by atoms with E-state index in [4.69, 9.17) is 5.84 Å². The summed E-state index contributed by atoms with van der Waals surface area (Å²) in [6.45, 7) is 5.34. The van der Waals surface area contributed by atoms with Gasteiger partial charge in [-0.3, -0.25) is 5.84 Å². The summed E-state index contributed by atoms with van der Waals surface area (Å²) < 4.78 is 28.2. The van der Waals surface area contributed by atoms with Crippen molar-refractivity contribution >= 4 is 15.7 Å². The molecule has 0 amide bonds. The Hall–Kier alpha value is -1.15. The van der Waals surface area contributed by atoms with E-state index < -0.39 is 10.0 Å². The largest absolute Gasteiger partial charge is 0.324 e. The van der Waals surface area contributed by atoms with Crippen LogP contribution in [-0.4, -0.2) is 39.5 Å². The van der Waals surface area contributed by atoms with Gasteiger partial charge >= 0.3 is 0 Å². The predicted molar refractivity (Wildman–Crippen MR) is 84.6 cm³/mol. The number of anilines is 1. The molecule has 1 aromatic rings. The van der Waals surface area contributed by atoms with Gasteiger partial charge in [0.25, 0.3) is 0 Å². The molecule has 0 radical (unpaired) electrons. The lowest BCUT2D eigenvalue weighted by molar-refractivity contribution is 0.242. The number of likely N-dealkylation sites (N-methyl/N-ethyl adjacent to an activating group) is 1. The molecule has 0 aliphatic carbocycles. The second kappa shape index (κ2) is 6.31. The van der Waals surface area contributed by atoms with Crippen molar-refractivity contribution in [3.8, 4) is 0 Å². The van der Waals surface area contributed by atoms with Gasteiger partial charge in [-0.2, -0.15) is 0 Å². The average Bonchev–Trinajstić information content (AvgIpc) is 2.36. The molecule has 0 saturated carbocycles. The molecule has 1 heterocycles. The first-order valence-electron chi connectivity index (χ1n) is 7.12. The third-order valence-electron chi connectivity index (χ3n) is 3.84. The summed E-state index contributed by atoms with van der Waals surface area (Å²) in [5.74, 6) is 5.39. The highest BCUT2D eigenvalue weighted by atomic mass is 32.2. The normalized spacial score (nSPS) is 20.5. The minimum atomic E-state index is -3.51. The number of nitrogens with one attached hydrogen (secondary N) is 2. The van der Waals surface area contributed by atoms with Crippen molar-refractivity contribution in [3.05, 3.63) is 23.3 Å². The molecule has 1 saturated heterocycles. The molecule has 4 N–H and O–H groups in total. The van der Waals surface area contributed by atoms with Crippen molar-refractivity contribution < 1.29 is 8.42 Å². The van der Waals surface area contributed by atoms with Crippen LogP contribution in [0.3, 0.4) is 0 Å². The number of hydrogen-bond donors (Lipinski definition) is 3. The highest BCUT2D eigenvalue weighted by molar-refractivity contribution is 7.89. The van der Waals surface area contributed by atoms with Crippen LogP contribution in [-0.2, 0) is 10.0 Å². The molecular weight excluding hydrogens is 288 g/mol. The molecule has 1 fully saturated rings. The van der Waals surface area contributed by atoms with Gasteiger partial charge in [-0.1, -0.05) is 0 Å². The topological polar surface area (TPSA) is 87.5 Å². The lowest BCUT2D eigenvalue weighted by atomic mass is 10.1. The van der Waals surface area contributed by atoms with E-state index in [-0.39, 0.29) is 6.04 Å². The highest BCUT2D eigenvalue weighted by Crippen LogP contribution is 2.24. The maximum atomic E-state index is 12.7. The Kier molecular flexibility index (Phi) is 4.88. The fourth-order valence-electron chi connectivity index (χ4n) is 3.00. The van der Waals surface area contributed by atoms with Crippen molar-refractivity contribution in [3.63, 3.8) is 0 Å². The van der Waals surface area contributed by atoms with Crippen molar-refractivity contribution in [2.24, 2.45) is 5.84 Å². The summed E-state index contributed by atoms with van der Waals surface area (Å²) in [5, 5.41) is 0. The number of piperidine rings is 1. The summed E-state index contributed by atoms with van der Waals surface area (Å²) in [5.41, 5.74) is 4.65. The van der Waals surface area contributed by atoms with Crippen LogP contribution in [0, 0.1) is 13.8 Å². The van der Waals surface area contributed by atoms with E-state index in [1.807, 2.05) is 7.05 Å². The summed E-state index contributed by atoms with van der Waals surface area (Å²) in [7, 11) is -1.50. The number of nitrogen functional groups attached to an aromatic ring is 1. The zero-order valence-corrected chi connectivity index (χ0v) is 13.6. The quantitative estimate of drug-likeness (QED) is 0.569. The van der Waals surface area contributed by atoms with Crippen LogP contribution in [0.2, 0.25) is 0 Å². The lowest BCUT2D eigenvalue weighted by Gasteiger charge is -2.30. The van der Waals surface area contributed by atoms with Crippen LogP contribution in [0.5, 0.6) is 0 Å². The highest BCUT2D eigenvalue weighted by Gasteiger charge is 2.26. The Morgan fingerprint density at radius 3 is 2.43 bits per heavy atom. The van der Waals surface area contributed by atoms with Gasteiger partial charge in [0.2, 0.25) is 10.0 Å². The first-order valence-corrected chi connectivity index (χ1v) is 8.60. The van der Waals surface area contributed by atoms with Crippen LogP contribution >= 0.6 is 0 Å². The van der Waals surface area contributed by atoms with Gasteiger partial charge in [-0.15, -0.1) is 0 Å². The van der Waals surface area contributed by atoms with Gasteiger partial charge in [0.15, 0.2) is 0 Å². The second-order valence-corrected chi connectivity index (χ2v) is 7.46. The number of aryl methyl sites for hydroxylation is 2. The van der Waals surface area contributed by atoms with E-state index in [1.165, 1.54) is 0 Å². The molecule has 1 aromatic carbocycles. The SMILES string of the molecule is Cc1cc(NN)cc(C)c1S(=O)(=O)NC1CCCN(C)C1. The molecule has 0 aromatic heterocycles. The number of likely N-dealkylation sites (tertiary alicyclic amines) is 1. The summed E-state index contributed by atoms with van der Waals surface area (Å²) in [6, 6.07) is 3.46. The Morgan fingerprint density at radius 2 is 1.90 bits per heavy atom. The zero-order valence-electron chi connectivity index (χ0n) is 12.8. The van der Waals surface area contributed by atoms with Gasteiger partial charge in [-0.25, -0.2) is 13.1 Å². The van der Waals surface area contributed by atoms with Gasteiger partial charge in [-0.05, 0) is 63.5 Å². The molecule has 1 aliphatic rings. The molecule has 0 bridgehead atoms. The number of nitrogens with zero attached hydrogens (tertiary/aromatic N) is 1. The Balaban J connectivity index is 2.27. The van der Waals surface area contributed by atoms with Gasteiger partial charge < -0.3 is 10.3 Å². The van der Waals surface area contributed by atoms with Crippen molar-refractivity contribution in [1.82, 2.24) is 9.62 Å². The first-order chi connectivity index (χ1) is 9.83. The minimum absolute atomic E-state index is 0.0279. The van der Waals surface area contributed by atoms with Crippen LogP contribution in [0.4, 0.5) is 5.69 Å². The molecule has 2 rings (SSSR count). The predicted octanol–water partition coefficient (Wildman–Crippen LogP) is 0.962. The number of benzene rings is 1. The zero-order chi connectivity index (χ0) is 15.6. The van der Waals surface area contributed by atoms with E-state index in [1.54, 1.807) is 26.0 Å². The van der Waals surface area contributed by atoms with Crippen LogP contribution in [0.15, 0.2) is 17.0 Å². The van der Waals surface area contributed by atoms with Gasteiger partial charge in [0.1, 0.15) is 0 Å². The van der Waals surface area contributed by atoms with Crippen molar-refractivity contribution in [2.45, 2.75) is 37.6 Å². The Labute approximate surface area is 126 Å².